The average Bonchev–Trinajstić information content (AvgIpc) is 2.39. The molecule has 78 valence electrons. The molecule has 1 unspecified atom stereocenters. The number of hydrogen-bond acceptors (Lipinski definition) is 2. The largest absolute Gasteiger partial charge is 0.304 e. The summed E-state index contributed by atoms with van der Waals surface area (Å²) in [6.45, 7) is 2.01. The van der Waals surface area contributed by atoms with Gasteiger partial charge in [0.25, 0.3) is 0 Å². The van der Waals surface area contributed by atoms with E-state index in [1.54, 1.807) is 0 Å². The maximum absolute atomic E-state index is 3.34. The minimum atomic E-state index is 0. The normalized spacial score (nSPS) is 19.8. The third-order valence-corrected chi connectivity index (χ3v) is 1.73. The van der Waals surface area contributed by atoms with Crippen LogP contribution in [-0.4, -0.2) is 38.1 Å². The van der Waals surface area contributed by atoms with Gasteiger partial charge in [-0.1, -0.05) is 11.8 Å². The van der Waals surface area contributed by atoms with Gasteiger partial charge in [-0.3, -0.25) is 4.90 Å². The van der Waals surface area contributed by atoms with Crippen LogP contribution in [0.5, 0.6) is 0 Å². The van der Waals surface area contributed by atoms with Gasteiger partial charge in [-0.05, 0) is 33.5 Å². The van der Waals surface area contributed by atoms with Crippen molar-refractivity contribution in [1.82, 2.24) is 10.2 Å². The molecule has 0 amide bonds. The van der Waals surface area contributed by atoms with E-state index in [1.807, 2.05) is 14.1 Å². The molecule has 0 aliphatic carbocycles. The summed E-state index contributed by atoms with van der Waals surface area (Å²) in [5.74, 6) is 6.35. The van der Waals surface area contributed by atoms with E-state index in [2.05, 4.69) is 22.1 Å². The SMILES string of the molecule is CN(C)CC#CC1CCCN1.Cl.Cl. The van der Waals surface area contributed by atoms with E-state index in [0.717, 1.165) is 13.1 Å². The zero-order valence-electron chi connectivity index (χ0n) is 8.17. The lowest BCUT2D eigenvalue weighted by Crippen LogP contribution is -2.19. The van der Waals surface area contributed by atoms with E-state index in [-0.39, 0.29) is 24.8 Å². The summed E-state index contributed by atoms with van der Waals surface area (Å²) in [6.07, 6.45) is 2.50. The summed E-state index contributed by atoms with van der Waals surface area (Å²) >= 11 is 0. The molecule has 1 rings (SSSR count). The standard InChI is InChI=1S/C9H16N2.2ClH/c1-11(2)8-4-6-9-5-3-7-10-9;;/h9-10H,3,5,7-8H2,1-2H3;2*1H. The summed E-state index contributed by atoms with van der Waals surface area (Å²) in [5, 5.41) is 3.34. The minimum Gasteiger partial charge on any atom is -0.304 e. The first kappa shape index (κ1) is 15.5. The van der Waals surface area contributed by atoms with Gasteiger partial charge < -0.3 is 5.32 Å². The van der Waals surface area contributed by atoms with E-state index < -0.39 is 0 Å². The Morgan fingerprint density at radius 1 is 1.38 bits per heavy atom. The summed E-state index contributed by atoms with van der Waals surface area (Å²) in [4.78, 5) is 2.09. The van der Waals surface area contributed by atoms with E-state index in [1.165, 1.54) is 12.8 Å². The summed E-state index contributed by atoms with van der Waals surface area (Å²) in [7, 11) is 4.08. The van der Waals surface area contributed by atoms with Crippen LogP contribution in [-0.2, 0) is 0 Å². The molecule has 13 heavy (non-hydrogen) atoms. The monoisotopic (exact) mass is 224 g/mol. The van der Waals surface area contributed by atoms with Crippen molar-refractivity contribution in [3.05, 3.63) is 0 Å². The average molecular weight is 225 g/mol. The lowest BCUT2D eigenvalue weighted by atomic mass is 10.2. The van der Waals surface area contributed by atoms with Gasteiger partial charge in [0.1, 0.15) is 0 Å². The van der Waals surface area contributed by atoms with Gasteiger partial charge in [-0.2, -0.15) is 0 Å². The quantitative estimate of drug-likeness (QED) is 0.673. The van der Waals surface area contributed by atoms with Crippen LogP contribution in [0.3, 0.4) is 0 Å². The smallest absolute Gasteiger partial charge is 0.0690 e. The summed E-state index contributed by atoms with van der Waals surface area (Å²) < 4.78 is 0. The molecule has 1 aliphatic heterocycles. The predicted molar refractivity (Wildman–Crippen MR) is 61.9 cm³/mol. The van der Waals surface area contributed by atoms with Crippen molar-refractivity contribution >= 4 is 24.8 Å². The van der Waals surface area contributed by atoms with Crippen molar-refractivity contribution in [3.63, 3.8) is 0 Å². The molecule has 0 aromatic rings. The Balaban J connectivity index is 0. The second kappa shape index (κ2) is 8.65. The molecular formula is C9H18Cl2N2. The third kappa shape index (κ3) is 7.16. The fourth-order valence-corrected chi connectivity index (χ4v) is 1.13. The molecule has 2 nitrogen and oxygen atoms in total. The molecule has 4 heteroatoms. The second-order valence-corrected chi connectivity index (χ2v) is 3.21. The van der Waals surface area contributed by atoms with Crippen LogP contribution in [0.2, 0.25) is 0 Å². The maximum Gasteiger partial charge on any atom is 0.0690 e. The third-order valence-electron chi connectivity index (χ3n) is 1.73. The van der Waals surface area contributed by atoms with E-state index in [9.17, 15) is 0 Å². The van der Waals surface area contributed by atoms with Crippen LogP contribution in [0.4, 0.5) is 0 Å². The number of nitrogens with zero attached hydrogens (tertiary/aromatic N) is 1. The van der Waals surface area contributed by atoms with Crippen molar-refractivity contribution in [2.45, 2.75) is 18.9 Å². The first-order chi connectivity index (χ1) is 5.29. The zero-order valence-corrected chi connectivity index (χ0v) is 9.80. The first-order valence-corrected chi connectivity index (χ1v) is 4.15. The molecule has 1 fully saturated rings. The minimum absolute atomic E-state index is 0. The van der Waals surface area contributed by atoms with Crippen molar-refractivity contribution in [2.75, 3.05) is 27.2 Å². The Hall–Kier alpha value is 0.0600. The van der Waals surface area contributed by atoms with Crippen molar-refractivity contribution < 1.29 is 0 Å². The number of nitrogens with one attached hydrogen (secondary N) is 1. The Kier molecular flexibility index (Phi) is 10.3. The number of rotatable bonds is 1. The molecule has 0 spiro atoms. The molecule has 0 aromatic carbocycles. The summed E-state index contributed by atoms with van der Waals surface area (Å²) in [6, 6.07) is 0.468. The van der Waals surface area contributed by atoms with Crippen LogP contribution in [0.1, 0.15) is 12.8 Å². The topological polar surface area (TPSA) is 15.3 Å². The van der Waals surface area contributed by atoms with Crippen LogP contribution in [0.25, 0.3) is 0 Å². The molecule has 0 saturated carbocycles. The highest BCUT2D eigenvalue weighted by Crippen LogP contribution is 2.02. The fourth-order valence-electron chi connectivity index (χ4n) is 1.13. The molecular weight excluding hydrogens is 207 g/mol. The molecule has 1 atom stereocenters. The van der Waals surface area contributed by atoms with Gasteiger partial charge in [0, 0.05) is 0 Å². The highest BCUT2D eigenvalue weighted by atomic mass is 35.5. The molecule has 0 bridgehead atoms. The number of halogens is 2. The van der Waals surface area contributed by atoms with Crippen LogP contribution in [0, 0.1) is 11.8 Å². The Morgan fingerprint density at radius 3 is 2.54 bits per heavy atom. The molecule has 1 N–H and O–H groups in total. The van der Waals surface area contributed by atoms with Gasteiger partial charge in [0.2, 0.25) is 0 Å². The van der Waals surface area contributed by atoms with Crippen LogP contribution >= 0.6 is 24.8 Å². The van der Waals surface area contributed by atoms with E-state index in [4.69, 9.17) is 0 Å². The molecule has 1 aliphatic rings. The van der Waals surface area contributed by atoms with Crippen molar-refractivity contribution in [1.29, 1.82) is 0 Å². The lowest BCUT2D eigenvalue weighted by Gasteiger charge is -2.02. The van der Waals surface area contributed by atoms with Crippen LogP contribution < -0.4 is 5.32 Å². The Bertz CT molecular complexity index is 166. The Morgan fingerprint density at radius 2 is 2.08 bits per heavy atom. The predicted octanol–water partition coefficient (Wildman–Crippen LogP) is 1.15. The van der Waals surface area contributed by atoms with Crippen molar-refractivity contribution in [2.24, 2.45) is 0 Å². The molecule has 0 radical (unpaired) electrons. The zero-order chi connectivity index (χ0) is 8.10. The number of hydrogen-bond donors (Lipinski definition) is 1. The first-order valence-electron chi connectivity index (χ1n) is 4.15. The molecule has 1 saturated heterocycles. The van der Waals surface area contributed by atoms with Gasteiger partial charge in [0.15, 0.2) is 0 Å². The highest BCUT2D eigenvalue weighted by molar-refractivity contribution is 5.85. The fraction of sp³-hybridized carbons (Fsp3) is 0.778. The summed E-state index contributed by atoms with van der Waals surface area (Å²) in [5.41, 5.74) is 0. The second-order valence-electron chi connectivity index (χ2n) is 3.21. The lowest BCUT2D eigenvalue weighted by molar-refractivity contribution is 0.463. The van der Waals surface area contributed by atoms with Crippen molar-refractivity contribution in [3.8, 4) is 11.8 Å². The van der Waals surface area contributed by atoms with Gasteiger partial charge in [-0.15, -0.1) is 24.8 Å². The van der Waals surface area contributed by atoms with Crippen LogP contribution in [0.15, 0.2) is 0 Å². The van der Waals surface area contributed by atoms with E-state index in [0.29, 0.717) is 6.04 Å². The van der Waals surface area contributed by atoms with Gasteiger partial charge >= 0.3 is 0 Å². The molecule has 0 aromatic heterocycles. The van der Waals surface area contributed by atoms with E-state index >= 15 is 0 Å². The molecule has 1 heterocycles. The Labute approximate surface area is 93.3 Å². The van der Waals surface area contributed by atoms with Gasteiger partial charge in [-0.25, -0.2) is 0 Å². The van der Waals surface area contributed by atoms with Gasteiger partial charge in [0.05, 0.1) is 12.6 Å². The highest BCUT2D eigenvalue weighted by Gasteiger charge is 2.09. The maximum atomic E-state index is 3.34.